The van der Waals surface area contributed by atoms with Gasteiger partial charge in [0.1, 0.15) is 0 Å². The van der Waals surface area contributed by atoms with E-state index in [1.807, 2.05) is 19.9 Å². The van der Waals surface area contributed by atoms with Crippen LogP contribution in [-0.2, 0) is 6.54 Å². The van der Waals surface area contributed by atoms with Gasteiger partial charge in [0.2, 0.25) is 0 Å². The van der Waals surface area contributed by atoms with Gasteiger partial charge in [0.25, 0.3) is 0 Å². The van der Waals surface area contributed by atoms with Crippen LogP contribution >= 0.6 is 0 Å². The molecule has 0 aromatic heterocycles. The van der Waals surface area contributed by atoms with Crippen molar-refractivity contribution in [2.75, 3.05) is 5.43 Å². The highest BCUT2D eigenvalue weighted by molar-refractivity contribution is 5.63. The molecule has 1 aromatic rings. The lowest BCUT2D eigenvalue weighted by molar-refractivity contribution is 0.860. The monoisotopic (exact) mass is 190 g/mol. The quantitative estimate of drug-likeness (QED) is 0.711. The van der Waals surface area contributed by atoms with E-state index in [0.29, 0.717) is 0 Å². The van der Waals surface area contributed by atoms with E-state index in [9.17, 15) is 0 Å². The Hall–Kier alpha value is -1.28. The molecule has 14 heavy (non-hydrogen) atoms. The first kappa shape index (κ1) is 10.8. The van der Waals surface area contributed by atoms with Crippen LogP contribution in [0.15, 0.2) is 18.7 Å². The van der Waals surface area contributed by atoms with Gasteiger partial charge in [-0.05, 0) is 35.7 Å². The molecular formula is C12H18N2. The third kappa shape index (κ3) is 1.96. The summed E-state index contributed by atoms with van der Waals surface area (Å²) in [7, 11) is 0. The molecule has 2 nitrogen and oxygen atoms in total. The second-order valence-electron chi connectivity index (χ2n) is 3.05. The maximum absolute atomic E-state index is 3.78. The van der Waals surface area contributed by atoms with Gasteiger partial charge in [-0.15, -0.1) is 0 Å². The Morgan fingerprint density at radius 3 is 2.71 bits per heavy atom. The number of fused-ring (bicyclic) bond motifs is 1. The highest BCUT2D eigenvalue weighted by Crippen LogP contribution is 2.24. The van der Waals surface area contributed by atoms with Gasteiger partial charge in [0.05, 0.1) is 5.69 Å². The third-order valence-corrected chi connectivity index (χ3v) is 2.21. The summed E-state index contributed by atoms with van der Waals surface area (Å²) in [5.74, 6) is 0. The zero-order valence-electron chi connectivity index (χ0n) is 9.15. The van der Waals surface area contributed by atoms with E-state index in [0.717, 1.165) is 6.54 Å². The molecule has 0 spiro atoms. The van der Waals surface area contributed by atoms with Gasteiger partial charge in [0.15, 0.2) is 0 Å². The van der Waals surface area contributed by atoms with Gasteiger partial charge >= 0.3 is 0 Å². The zero-order chi connectivity index (χ0) is 10.6. The first-order valence-corrected chi connectivity index (χ1v) is 5.06. The molecule has 1 aliphatic rings. The molecule has 0 radical (unpaired) electrons. The Kier molecular flexibility index (Phi) is 3.72. The normalized spacial score (nSPS) is 12.2. The fourth-order valence-electron chi connectivity index (χ4n) is 1.49. The molecule has 0 saturated carbocycles. The minimum atomic E-state index is 0.899. The number of benzene rings is 1. The van der Waals surface area contributed by atoms with Crippen LogP contribution in [0.3, 0.4) is 0 Å². The van der Waals surface area contributed by atoms with Crippen molar-refractivity contribution in [3.8, 4) is 0 Å². The Morgan fingerprint density at radius 1 is 1.36 bits per heavy atom. The average Bonchev–Trinajstić information content (AvgIpc) is 2.66. The molecule has 0 saturated heterocycles. The van der Waals surface area contributed by atoms with Crippen LogP contribution in [0, 0.1) is 6.92 Å². The predicted octanol–water partition coefficient (Wildman–Crippen LogP) is 3.09. The number of hydrogen-bond acceptors (Lipinski definition) is 2. The van der Waals surface area contributed by atoms with E-state index < -0.39 is 0 Å². The third-order valence-electron chi connectivity index (χ3n) is 2.21. The van der Waals surface area contributed by atoms with Crippen LogP contribution in [-0.4, -0.2) is 0 Å². The summed E-state index contributed by atoms with van der Waals surface area (Å²) in [4.78, 5) is 0. The number of hydrazine groups is 1. The van der Waals surface area contributed by atoms with Crippen LogP contribution in [0.2, 0.25) is 0 Å². The zero-order valence-corrected chi connectivity index (χ0v) is 9.15. The van der Waals surface area contributed by atoms with Crippen molar-refractivity contribution < 1.29 is 0 Å². The van der Waals surface area contributed by atoms with E-state index in [-0.39, 0.29) is 0 Å². The number of nitrogens with one attached hydrogen (secondary N) is 2. The summed E-state index contributed by atoms with van der Waals surface area (Å²) in [6.45, 7) is 10.8. The lowest BCUT2D eigenvalue weighted by atomic mass is 10.0. The maximum Gasteiger partial charge on any atom is 0.0536 e. The molecule has 1 aliphatic heterocycles. The van der Waals surface area contributed by atoms with Crippen LogP contribution < -0.4 is 10.9 Å². The first-order chi connectivity index (χ1) is 6.81. The summed E-state index contributed by atoms with van der Waals surface area (Å²) < 4.78 is 0. The molecule has 1 heterocycles. The van der Waals surface area contributed by atoms with Crippen molar-refractivity contribution in [2.45, 2.75) is 27.3 Å². The van der Waals surface area contributed by atoms with Gasteiger partial charge in [0, 0.05) is 6.54 Å². The number of anilines is 1. The Bertz CT molecular complexity index is 329. The molecule has 2 N–H and O–H groups in total. The first-order valence-electron chi connectivity index (χ1n) is 5.06. The summed E-state index contributed by atoms with van der Waals surface area (Å²) in [6, 6.07) is 4.32. The summed E-state index contributed by atoms with van der Waals surface area (Å²) >= 11 is 0. The van der Waals surface area contributed by atoms with E-state index in [2.05, 4.69) is 36.5 Å². The Balaban J connectivity index is 0.000000461. The molecule has 0 fully saturated rings. The van der Waals surface area contributed by atoms with Crippen LogP contribution in [0.4, 0.5) is 5.69 Å². The van der Waals surface area contributed by atoms with Crippen molar-refractivity contribution >= 4 is 11.8 Å². The summed E-state index contributed by atoms with van der Waals surface area (Å²) in [5, 5.41) is 0. The van der Waals surface area contributed by atoms with Crippen LogP contribution in [0.5, 0.6) is 0 Å². The second kappa shape index (κ2) is 4.82. The minimum Gasteiger partial charge on any atom is -0.321 e. The van der Waals surface area contributed by atoms with Gasteiger partial charge in [-0.2, -0.15) is 0 Å². The molecule has 2 heteroatoms. The molecule has 2 rings (SSSR count). The largest absolute Gasteiger partial charge is 0.321 e. The fourth-order valence-corrected chi connectivity index (χ4v) is 1.49. The van der Waals surface area contributed by atoms with Gasteiger partial charge in [-0.25, -0.2) is 5.43 Å². The SMILES string of the molecule is C=Cc1cc2c(cc1C)NNC2.CC. The molecule has 0 aliphatic carbocycles. The van der Waals surface area contributed by atoms with Gasteiger partial charge < -0.3 is 5.43 Å². The van der Waals surface area contributed by atoms with Gasteiger partial charge in [-0.1, -0.05) is 26.5 Å². The number of aryl methyl sites for hydroxylation is 1. The fraction of sp³-hybridized carbons (Fsp3) is 0.333. The van der Waals surface area contributed by atoms with Crippen molar-refractivity contribution in [3.05, 3.63) is 35.4 Å². The molecule has 0 bridgehead atoms. The molecule has 0 atom stereocenters. The van der Waals surface area contributed by atoms with Crippen LogP contribution in [0.1, 0.15) is 30.5 Å². The predicted molar refractivity (Wildman–Crippen MR) is 63.1 cm³/mol. The average molecular weight is 190 g/mol. The molecule has 1 aromatic carbocycles. The smallest absolute Gasteiger partial charge is 0.0536 e. The molecule has 0 unspecified atom stereocenters. The van der Waals surface area contributed by atoms with E-state index >= 15 is 0 Å². The summed E-state index contributed by atoms with van der Waals surface area (Å²) in [5.41, 5.74) is 11.2. The highest BCUT2D eigenvalue weighted by atomic mass is 15.4. The van der Waals surface area contributed by atoms with E-state index in [4.69, 9.17) is 0 Å². The van der Waals surface area contributed by atoms with E-state index in [1.165, 1.54) is 22.4 Å². The lowest BCUT2D eigenvalue weighted by Gasteiger charge is -2.03. The number of hydrogen-bond donors (Lipinski definition) is 2. The highest BCUT2D eigenvalue weighted by Gasteiger charge is 2.10. The molecule has 0 amide bonds. The van der Waals surface area contributed by atoms with Crippen molar-refractivity contribution in [3.63, 3.8) is 0 Å². The second-order valence-corrected chi connectivity index (χ2v) is 3.05. The lowest BCUT2D eigenvalue weighted by Crippen LogP contribution is -2.10. The summed E-state index contributed by atoms with van der Waals surface area (Å²) in [6.07, 6.45) is 1.90. The number of rotatable bonds is 1. The Morgan fingerprint density at radius 2 is 2.07 bits per heavy atom. The van der Waals surface area contributed by atoms with Crippen molar-refractivity contribution in [1.29, 1.82) is 0 Å². The van der Waals surface area contributed by atoms with E-state index in [1.54, 1.807) is 0 Å². The van der Waals surface area contributed by atoms with Crippen LogP contribution in [0.25, 0.3) is 6.08 Å². The van der Waals surface area contributed by atoms with Gasteiger partial charge in [-0.3, -0.25) is 0 Å². The minimum absolute atomic E-state index is 0.899. The Labute approximate surface area is 86.0 Å². The molecule has 76 valence electrons. The topological polar surface area (TPSA) is 24.1 Å². The molecular weight excluding hydrogens is 172 g/mol. The van der Waals surface area contributed by atoms with Crippen molar-refractivity contribution in [2.24, 2.45) is 0 Å². The standard InChI is InChI=1S/C10H12N2.C2H6/c1-3-8-5-9-6-11-12-10(9)4-7(8)2;1-2/h3-5,11-12H,1,6H2,2H3;1-2H3. The van der Waals surface area contributed by atoms with Crippen molar-refractivity contribution in [1.82, 2.24) is 5.43 Å². The maximum atomic E-state index is 3.78.